The van der Waals surface area contributed by atoms with E-state index >= 15 is 0 Å². The van der Waals surface area contributed by atoms with Gasteiger partial charge in [-0.15, -0.1) is 0 Å². The summed E-state index contributed by atoms with van der Waals surface area (Å²) < 4.78 is 5.06. The van der Waals surface area contributed by atoms with E-state index in [1.807, 2.05) is 0 Å². The molecule has 0 aromatic rings. The van der Waals surface area contributed by atoms with Gasteiger partial charge in [-0.25, -0.2) is 9.59 Å². The fourth-order valence-electron chi connectivity index (χ4n) is 1.38. The van der Waals surface area contributed by atoms with Gasteiger partial charge in [0.1, 0.15) is 0 Å². The second-order valence-electron chi connectivity index (χ2n) is 3.61. The third kappa shape index (κ3) is 3.35. The first-order chi connectivity index (χ1) is 7.52. The van der Waals surface area contributed by atoms with Crippen LogP contribution in [0.1, 0.15) is 6.92 Å². The average molecular weight is 232 g/mol. The summed E-state index contributed by atoms with van der Waals surface area (Å²) in [4.78, 5) is 23.8. The van der Waals surface area contributed by atoms with Gasteiger partial charge in [-0.3, -0.25) is 0 Å². The van der Waals surface area contributed by atoms with Crippen molar-refractivity contribution in [2.45, 2.75) is 19.1 Å². The van der Waals surface area contributed by atoms with E-state index in [0.29, 0.717) is 26.3 Å². The highest BCUT2D eigenvalue weighted by atomic mass is 16.5. The number of carbonyl (C=O) groups is 2. The Morgan fingerprint density at radius 1 is 1.38 bits per heavy atom. The summed E-state index contributed by atoms with van der Waals surface area (Å²) in [5, 5.41) is 20.2. The Balaban J connectivity index is 2.50. The molecule has 0 bridgehead atoms. The summed E-state index contributed by atoms with van der Waals surface area (Å²) in [6, 6.07) is -1.77. The quantitative estimate of drug-likeness (QED) is 0.571. The minimum atomic E-state index is -1.28. The highest BCUT2D eigenvalue weighted by Crippen LogP contribution is 2.00. The molecule has 2 unspecified atom stereocenters. The summed E-state index contributed by atoms with van der Waals surface area (Å²) in [6.45, 7) is 3.06. The third-order valence-corrected chi connectivity index (χ3v) is 2.33. The Morgan fingerprint density at radius 3 is 2.38 bits per heavy atom. The number of hydrogen-bond donors (Lipinski definition) is 3. The van der Waals surface area contributed by atoms with Crippen LogP contribution in [0.5, 0.6) is 0 Å². The zero-order valence-corrected chi connectivity index (χ0v) is 9.05. The van der Waals surface area contributed by atoms with E-state index in [4.69, 9.17) is 9.84 Å². The van der Waals surface area contributed by atoms with Crippen LogP contribution in [-0.2, 0) is 9.53 Å². The van der Waals surface area contributed by atoms with Crippen molar-refractivity contribution in [2.24, 2.45) is 0 Å². The lowest BCUT2D eigenvalue weighted by atomic mass is 10.2. The van der Waals surface area contributed by atoms with Crippen molar-refractivity contribution in [3.63, 3.8) is 0 Å². The normalized spacial score (nSPS) is 20.0. The maximum atomic E-state index is 11.6. The van der Waals surface area contributed by atoms with Gasteiger partial charge in [-0.1, -0.05) is 0 Å². The van der Waals surface area contributed by atoms with Gasteiger partial charge >= 0.3 is 12.0 Å². The first-order valence-corrected chi connectivity index (χ1v) is 5.06. The molecule has 1 fully saturated rings. The largest absolute Gasteiger partial charge is 0.480 e. The van der Waals surface area contributed by atoms with Crippen molar-refractivity contribution in [1.82, 2.24) is 10.2 Å². The molecule has 2 atom stereocenters. The number of aliphatic hydroxyl groups excluding tert-OH is 1. The summed E-state index contributed by atoms with van der Waals surface area (Å²) in [6.07, 6.45) is -1.14. The smallest absolute Gasteiger partial charge is 0.328 e. The molecule has 7 heteroatoms. The Labute approximate surface area is 93.0 Å². The number of amides is 2. The number of rotatable bonds is 3. The van der Waals surface area contributed by atoms with E-state index < -0.39 is 24.1 Å². The van der Waals surface area contributed by atoms with E-state index in [1.54, 1.807) is 0 Å². The van der Waals surface area contributed by atoms with Crippen LogP contribution in [0.25, 0.3) is 0 Å². The number of carboxylic acid groups (broad SMARTS) is 1. The van der Waals surface area contributed by atoms with Gasteiger partial charge in [0.25, 0.3) is 0 Å². The van der Waals surface area contributed by atoms with Gasteiger partial charge in [0.05, 0.1) is 19.3 Å². The van der Waals surface area contributed by atoms with E-state index in [0.717, 1.165) is 0 Å². The number of carbonyl (C=O) groups excluding carboxylic acids is 1. The molecular weight excluding hydrogens is 216 g/mol. The summed E-state index contributed by atoms with van der Waals surface area (Å²) in [5.41, 5.74) is 0. The van der Waals surface area contributed by atoms with Crippen molar-refractivity contribution < 1.29 is 24.5 Å². The first-order valence-electron chi connectivity index (χ1n) is 5.06. The fourth-order valence-corrected chi connectivity index (χ4v) is 1.38. The molecule has 1 saturated heterocycles. The lowest BCUT2D eigenvalue weighted by molar-refractivity contribution is -0.141. The van der Waals surface area contributed by atoms with Crippen molar-refractivity contribution >= 4 is 12.0 Å². The Bertz CT molecular complexity index is 263. The number of carboxylic acids is 1. The molecule has 92 valence electrons. The number of hydrogen-bond acceptors (Lipinski definition) is 4. The molecule has 0 aromatic carbocycles. The predicted molar refractivity (Wildman–Crippen MR) is 54.0 cm³/mol. The molecular formula is C9H16N2O5. The van der Waals surface area contributed by atoms with Crippen LogP contribution >= 0.6 is 0 Å². The summed E-state index contributed by atoms with van der Waals surface area (Å²) in [7, 11) is 0. The Hall–Kier alpha value is -1.34. The fraction of sp³-hybridized carbons (Fsp3) is 0.778. The standard InChI is InChI=1S/C9H16N2O5/c1-6(12)7(8(13)14)10-9(15)11-2-4-16-5-3-11/h6-7,12H,2-5H2,1H3,(H,10,15)(H,13,14). The second kappa shape index (κ2) is 5.66. The molecule has 7 nitrogen and oxygen atoms in total. The zero-order valence-electron chi connectivity index (χ0n) is 9.05. The Kier molecular flexibility index (Phi) is 4.51. The number of aliphatic hydroxyl groups is 1. The van der Waals surface area contributed by atoms with E-state index in [2.05, 4.69) is 5.32 Å². The number of nitrogens with zero attached hydrogens (tertiary/aromatic N) is 1. The van der Waals surface area contributed by atoms with Crippen molar-refractivity contribution in [3.8, 4) is 0 Å². The Morgan fingerprint density at radius 2 is 1.94 bits per heavy atom. The molecule has 1 rings (SSSR count). The van der Waals surface area contributed by atoms with Crippen LogP contribution in [0.4, 0.5) is 4.79 Å². The number of aliphatic carboxylic acids is 1. The van der Waals surface area contributed by atoms with Gasteiger partial charge in [0.2, 0.25) is 0 Å². The van der Waals surface area contributed by atoms with Crippen LogP contribution in [0.15, 0.2) is 0 Å². The third-order valence-electron chi connectivity index (χ3n) is 2.33. The van der Waals surface area contributed by atoms with E-state index in [9.17, 15) is 14.7 Å². The minimum Gasteiger partial charge on any atom is -0.480 e. The topological polar surface area (TPSA) is 99.1 Å². The first kappa shape index (κ1) is 12.7. The van der Waals surface area contributed by atoms with E-state index in [1.165, 1.54) is 11.8 Å². The van der Waals surface area contributed by atoms with Crippen LogP contribution < -0.4 is 5.32 Å². The van der Waals surface area contributed by atoms with Crippen LogP contribution in [0.2, 0.25) is 0 Å². The maximum absolute atomic E-state index is 11.6. The molecule has 3 N–H and O–H groups in total. The lowest BCUT2D eigenvalue weighted by Crippen LogP contribution is -2.54. The molecule has 1 heterocycles. The van der Waals surface area contributed by atoms with Crippen LogP contribution in [-0.4, -0.2) is 65.6 Å². The van der Waals surface area contributed by atoms with Gasteiger partial charge in [0, 0.05) is 13.1 Å². The molecule has 0 spiro atoms. The molecule has 2 amide bonds. The van der Waals surface area contributed by atoms with E-state index in [-0.39, 0.29) is 0 Å². The number of nitrogens with one attached hydrogen (secondary N) is 1. The summed E-state index contributed by atoms with van der Waals surface area (Å²) >= 11 is 0. The second-order valence-corrected chi connectivity index (χ2v) is 3.61. The van der Waals surface area contributed by atoms with Gasteiger partial charge < -0.3 is 25.2 Å². The minimum absolute atomic E-state index is 0.429. The van der Waals surface area contributed by atoms with Crippen LogP contribution in [0, 0.1) is 0 Å². The van der Waals surface area contributed by atoms with Gasteiger partial charge in [0.15, 0.2) is 6.04 Å². The number of morpholine rings is 1. The van der Waals surface area contributed by atoms with Gasteiger partial charge in [-0.2, -0.15) is 0 Å². The van der Waals surface area contributed by atoms with Crippen LogP contribution in [0.3, 0.4) is 0 Å². The molecule has 1 aliphatic rings. The average Bonchev–Trinajstić information content (AvgIpc) is 2.25. The van der Waals surface area contributed by atoms with Crippen molar-refractivity contribution in [2.75, 3.05) is 26.3 Å². The lowest BCUT2D eigenvalue weighted by Gasteiger charge is -2.28. The molecule has 0 aliphatic carbocycles. The molecule has 0 saturated carbocycles. The van der Waals surface area contributed by atoms with Crippen molar-refractivity contribution in [3.05, 3.63) is 0 Å². The number of ether oxygens (including phenoxy) is 1. The van der Waals surface area contributed by atoms with Gasteiger partial charge in [-0.05, 0) is 6.92 Å². The predicted octanol–water partition coefficient (Wildman–Crippen LogP) is -1.14. The summed E-state index contributed by atoms with van der Waals surface area (Å²) in [5.74, 6) is -1.25. The molecule has 0 radical (unpaired) electrons. The molecule has 0 aromatic heterocycles. The molecule has 16 heavy (non-hydrogen) atoms. The highest BCUT2D eigenvalue weighted by molar-refractivity contribution is 5.83. The highest BCUT2D eigenvalue weighted by Gasteiger charge is 2.27. The SMILES string of the molecule is CC(O)C(NC(=O)N1CCOCC1)C(=O)O. The molecule has 1 aliphatic heterocycles. The van der Waals surface area contributed by atoms with Crippen molar-refractivity contribution in [1.29, 1.82) is 0 Å². The zero-order chi connectivity index (χ0) is 12.1. The monoisotopic (exact) mass is 232 g/mol. The maximum Gasteiger partial charge on any atom is 0.328 e. The number of urea groups is 1.